The lowest BCUT2D eigenvalue weighted by Gasteiger charge is -2.25. The maximum absolute atomic E-state index is 5.85. The highest BCUT2D eigenvalue weighted by Gasteiger charge is 2.16. The van der Waals surface area contributed by atoms with Crippen LogP contribution in [0.3, 0.4) is 0 Å². The molecule has 0 N–H and O–H groups in total. The van der Waals surface area contributed by atoms with E-state index >= 15 is 0 Å². The van der Waals surface area contributed by atoms with Gasteiger partial charge < -0.3 is 4.74 Å². The van der Waals surface area contributed by atoms with Gasteiger partial charge in [0.15, 0.2) is 0 Å². The zero-order valence-corrected chi connectivity index (χ0v) is 12.1. The normalized spacial score (nSPS) is 21.0. The van der Waals surface area contributed by atoms with Gasteiger partial charge in [0.1, 0.15) is 0 Å². The van der Waals surface area contributed by atoms with E-state index in [4.69, 9.17) is 4.74 Å². The van der Waals surface area contributed by atoms with E-state index < -0.39 is 0 Å². The fraction of sp³-hybridized carbons (Fsp3) is 0.875. The minimum atomic E-state index is 0.509. The highest BCUT2D eigenvalue weighted by Crippen LogP contribution is 2.23. The van der Waals surface area contributed by atoms with Gasteiger partial charge in [0.25, 0.3) is 0 Å². The predicted octanol–water partition coefficient (Wildman–Crippen LogP) is 5.25. The first-order chi connectivity index (χ1) is 8.24. The second kappa shape index (κ2) is 8.74. The molecule has 1 heteroatoms. The van der Waals surface area contributed by atoms with Crippen LogP contribution in [-0.2, 0) is 4.74 Å². The first-order valence-corrected chi connectivity index (χ1v) is 7.51. The minimum Gasteiger partial charge on any atom is -0.374 e. The van der Waals surface area contributed by atoms with Crippen LogP contribution in [0.2, 0.25) is 0 Å². The molecule has 1 atom stereocenters. The smallest absolute Gasteiger partial charge is 0.0680 e. The zero-order chi connectivity index (χ0) is 12.5. The van der Waals surface area contributed by atoms with Crippen molar-refractivity contribution in [2.45, 2.75) is 84.7 Å². The van der Waals surface area contributed by atoms with Crippen LogP contribution in [0, 0.1) is 0 Å². The third-order valence-corrected chi connectivity index (χ3v) is 3.93. The van der Waals surface area contributed by atoms with Gasteiger partial charge in [-0.2, -0.15) is 0 Å². The molecule has 0 fully saturated rings. The Labute approximate surface area is 108 Å². The van der Waals surface area contributed by atoms with Gasteiger partial charge in [-0.15, -0.1) is 0 Å². The molecule has 1 rings (SSSR count). The number of hydrogen-bond donors (Lipinski definition) is 0. The molecule has 0 saturated heterocycles. The SMILES string of the molecule is CCCCCCCCC[C@H]1CC(C)=C(C)CO1. The molecule has 0 radical (unpaired) electrons. The summed E-state index contributed by atoms with van der Waals surface area (Å²) in [5, 5.41) is 0. The first-order valence-electron chi connectivity index (χ1n) is 7.51. The van der Waals surface area contributed by atoms with Crippen molar-refractivity contribution >= 4 is 0 Å². The van der Waals surface area contributed by atoms with Gasteiger partial charge in [-0.1, -0.05) is 57.4 Å². The Hall–Kier alpha value is -0.300. The van der Waals surface area contributed by atoms with Gasteiger partial charge in [-0.3, -0.25) is 0 Å². The number of ether oxygens (including phenoxy) is 1. The van der Waals surface area contributed by atoms with Crippen molar-refractivity contribution in [3.05, 3.63) is 11.1 Å². The Morgan fingerprint density at radius 3 is 2.24 bits per heavy atom. The maximum Gasteiger partial charge on any atom is 0.0680 e. The standard InChI is InChI=1S/C16H30O/c1-4-5-6-7-8-9-10-11-16-12-14(2)15(3)13-17-16/h16H,4-13H2,1-3H3/t16-/m0/s1. The van der Waals surface area contributed by atoms with E-state index in [9.17, 15) is 0 Å². The Morgan fingerprint density at radius 1 is 0.941 bits per heavy atom. The molecule has 100 valence electrons. The number of hydrogen-bond acceptors (Lipinski definition) is 1. The van der Waals surface area contributed by atoms with Gasteiger partial charge in [-0.25, -0.2) is 0 Å². The zero-order valence-electron chi connectivity index (χ0n) is 12.1. The van der Waals surface area contributed by atoms with E-state index in [0.717, 1.165) is 6.61 Å². The highest BCUT2D eigenvalue weighted by molar-refractivity contribution is 5.13. The third-order valence-electron chi connectivity index (χ3n) is 3.93. The molecule has 1 aliphatic heterocycles. The Kier molecular flexibility index (Phi) is 7.59. The molecule has 0 aromatic carbocycles. The van der Waals surface area contributed by atoms with Crippen LogP contribution in [0.15, 0.2) is 11.1 Å². The minimum absolute atomic E-state index is 0.509. The Balaban J connectivity index is 1.97. The van der Waals surface area contributed by atoms with Crippen LogP contribution >= 0.6 is 0 Å². The summed E-state index contributed by atoms with van der Waals surface area (Å²) in [4.78, 5) is 0. The molecule has 17 heavy (non-hydrogen) atoms. The average Bonchev–Trinajstić information content (AvgIpc) is 2.32. The summed E-state index contributed by atoms with van der Waals surface area (Å²) in [7, 11) is 0. The summed E-state index contributed by atoms with van der Waals surface area (Å²) >= 11 is 0. The summed E-state index contributed by atoms with van der Waals surface area (Å²) in [5.41, 5.74) is 3.00. The maximum atomic E-state index is 5.85. The fourth-order valence-electron chi connectivity index (χ4n) is 2.46. The highest BCUT2D eigenvalue weighted by atomic mass is 16.5. The molecule has 1 aliphatic rings. The van der Waals surface area contributed by atoms with Crippen LogP contribution in [0.5, 0.6) is 0 Å². The van der Waals surface area contributed by atoms with Gasteiger partial charge >= 0.3 is 0 Å². The van der Waals surface area contributed by atoms with Gasteiger partial charge in [0, 0.05) is 0 Å². The molecule has 0 spiro atoms. The lowest BCUT2D eigenvalue weighted by molar-refractivity contribution is 0.0504. The van der Waals surface area contributed by atoms with Crippen molar-refractivity contribution in [2.24, 2.45) is 0 Å². The summed E-state index contributed by atoms with van der Waals surface area (Å²) in [5.74, 6) is 0. The van der Waals surface area contributed by atoms with Crippen molar-refractivity contribution in [2.75, 3.05) is 6.61 Å². The second-order valence-corrected chi connectivity index (χ2v) is 5.61. The van der Waals surface area contributed by atoms with Crippen LogP contribution in [0.25, 0.3) is 0 Å². The summed E-state index contributed by atoms with van der Waals surface area (Å²) in [6.45, 7) is 7.60. The quantitative estimate of drug-likeness (QED) is 0.414. The molecule has 0 saturated carbocycles. The monoisotopic (exact) mass is 238 g/mol. The average molecular weight is 238 g/mol. The largest absolute Gasteiger partial charge is 0.374 e. The molecule has 0 aromatic heterocycles. The van der Waals surface area contributed by atoms with Gasteiger partial charge in [0.2, 0.25) is 0 Å². The fourth-order valence-corrected chi connectivity index (χ4v) is 2.46. The molecule has 0 bridgehead atoms. The molecular weight excluding hydrogens is 208 g/mol. The van der Waals surface area contributed by atoms with E-state index in [1.807, 2.05) is 0 Å². The van der Waals surface area contributed by atoms with E-state index in [-0.39, 0.29) is 0 Å². The van der Waals surface area contributed by atoms with E-state index in [2.05, 4.69) is 20.8 Å². The number of rotatable bonds is 8. The van der Waals surface area contributed by atoms with Crippen LogP contribution in [-0.4, -0.2) is 12.7 Å². The first kappa shape index (κ1) is 14.8. The second-order valence-electron chi connectivity index (χ2n) is 5.61. The van der Waals surface area contributed by atoms with Crippen molar-refractivity contribution in [3.8, 4) is 0 Å². The molecule has 0 unspecified atom stereocenters. The van der Waals surface area contributed by atoms with E-state index in [0.29, 0.717) is 6.10 Å². The van der Waals surface area contributed by atoms with E-state index in [1.54, 1.807) is 5.57 Å². The van der Waals surface area contributed by atoms with Crippen LogP contribution < -0.4 is 0 Å². The lowest BCUT2D eigenvalue weighted by atomic mass is 9.97. The molecule has 1 heterocycles. The molecule has 0 aromatic rings. The Bertz CT molecular complexity index is 230. The third kappa shape index (κ3) is 6.26. The topological polar surface area (TPSA) is 9.23 Å². The number of unbranched alkanes of at least 4 members (excludes halogenated alkanes) is 6. The summed E-state index contributed by atoms with van der Waals surface area (Å²) in [6, 6.07) is 0. The Morgan fingerprint density at radius 2 is 1.59 bits per heavy atom. The van der Waals surface area contributed by atoms with Crippen molar-refractivity contribution < 1.29 is 4.74 Å². The van der Waals surface area contributed by atoms with Gasteiger partial charge in [-0.05, 0) is 32.3 Å². The van der Waals surface area contributed by atoms with Crippen molar-refractivity contribution in [3.63, 3.8) is 0 Å². The molecular formula is C16H30O. The van der Waals surface area contributed by atoms with E-state index in [1.165, 1.54) is 63.4 Å². The van der Waals surface area contributed by atoms with Gasteiger partial charge in [0.05, 0.1) is 12.7 Å². The molecule has 0 aliphatic carbocycles. The van der Waals surface area contributed by atoms with Crippen LogP contribution in [0.4, 0.5) is 0 Å². The molecule has 1 nitrogen and oxygen atoms in total. The molecule has 0 amide bonds. The van der Waals surface area contributed by atoms with Crippen molar-refractivity contribution in [1.29, 1.82) is 0 Å². The summed E-state index contributed by atoms with van der Waals surface area (Å²) in [6.07, 6.45) is 12.7. The predicted molar refractivity (Wildman–Crippen MR) is 75.3 cm³/mol. The lowest BCUT2D eigenvalue weighted by Crippen LogP contribution is -2.20. The van der Waals surface area contributed by atoms with Crippen molar-refractivity contribution in [1.82, 2.24) is 0 Å². The van der Waals surface area contributed by atoms with Crippen LogP contribution in [0.1, 0.15) is 78.6 Å². The summed E-state index contributed by atoms with van der Waals surface area (Å²) < 4.78 is 5.85.